The molecular weight excluding hydrogens is 480 g/mol. The smallest absolute Gasteiger partial charge is 0.414 e. The summed E-state index contributed by atoms with van der Waals surface area (Å²) in [5.74, 6) is 1.53. The number of fused-ring (bicyclic) bond motifs is 3. The van der Waals surface area contributed by atoms with E-state index in [4.69, 9.17) is 10.5 Å². The van der Waals surface area contributed by atoms with E-state index >= 15 is 0 Å². The second kappa shape index (κ2) is 9.76. The van der Waals surface area contributed by atoms with Gasteiger partial charge in [-0.05, 0) is 45.4 Å². The Hall–Kier alpha value is -3.67. The molecule has 0 saturated heterocycles. The molecule has 0 spiro atoms. The highest BCUT2D eigenvalue weighted by Gasteiger charge is 2.26. The van der Waals surface area contributed by atoms with Crippen molar-refractivity contribution >= 4 is 58.0 Å². The number of carbonyl (C=O) groups excluding carboxylic acids is 2. The van der Waals surface area contributed by atoms with Crippen molar-refractivity contribution in [3.63, 3.8) is 0 Å². The summed E-state index contributed by atoms with van der Waals surface area (Å²) in [6.45, 7) is 7.34. The largest absolute Gasteiger partial charge is 0.443 e. The summed E-state index contributed by atoms with van der Waals surface area (Å²) in [4.78, 5) is 31.8. The van der Waals surface area contributed by atoms with Crippen LogP contribution in [0.15, 0.2) is 24.4 Å². The van der Waals surface area contributed by atoms with E-state index in [1.807, 2.05) is 26.1 Å². The molecule has 2 amide bonds. The number of anilines is 5. The molecule has 36 heavy (non-hydrogen) atoms. The highest BCUT2D eigenvalue weighted by Crippen LogP contribution is 2.34. The molecule has 0 fully saturated rings. The van der Waals surface area contributed by atoms with E-state index < -0.39 is 11.7 Å². The average Bonchev–Trinajstić information content (AvgIpc) is 3.22. The summed E-state index contributed by atoms with van der Waals surface area (Å²) in [5, 5.41) is 14.1. The van der Waals surface area contributed by atoms with E-state index in [-0.39, 0.29) is 17.6 Å². The van der Waals surface area contributed by atoms with Gasteiger partial charge in [-0.2, -0.15) is 11.8 Å². The predicted octanol–water partition coefficient (Wildman–Crippen LogP) is 3.83. The van der Waals surface area contributed by atoms with Crippen LogP contribution < -0.4 is 26.6 Å². The van der Waals surface area contributed by atoms with E-state index in [9.17, 15) is 9.59 Å². The zero-order valence-corrected chi connectivity index (χ0v) is 22.1. The third kappa shape index (κ3) is 5.27. The molecule has 4 rings (SSSR count). The molecule has 4 bridgehead atoms. The standard InChI is InChI=1S/C24H32N8O3S/c1-13-11-36-12-14-7-15(26-5)20(25)16(8-14)29-19-9-17(31(6)23(34)35-24(2,3)4)21-27-10-18(22(33)28-13)32(21)30-19/h7-10,13,26H,11-12,25H2,1-6H3,(H,28,33)(H,29,30). The van der Waals surface area contributed by atoms with Crippen LogP contribution in [-0.4, -0.2) is 58.1 Å². The molecule has 192 valence electrons. The van der Waals surface area contributed by atoms with Gasteiger partial charge in [-0.15, -0.1) is 5.10 Å². The topological polar surface area (TPSA) is 139 Å². The Labute approximate surface area is 214 Å². The number of rotatable bonds is 2. The number of thioether (sulfide) groups is 1. The van der Waals surface area contributed by atoms with Gasteiger partial charge in [0.1, 0.15) is 5.60 Å². The fourth-order valence-electron chi connectivity index (χ4n) is 3.78. The van der Waals surface area contributed by atoms with Crippen LogP contribution in [0.5, 0.6) is 0 Å². The normalized spacial score (nSPS) is 16.2. The molecule has 5 N–H and O–H groups in total. The summed E-state index contributed by atoms with van der Waals surface area (Å²) < 4.78 is 6.98. The van der Waals surface area contributed by atoms with Crippen molar-refractivity contribution in [3.05, 3.63) is 35.7 Å². The number of nitrogens with one attached hydrogen (secondary N) is 3. The molecule has 1 aliphatic heterocycles. The van der Waals surface area contributed by atoms with E-state index in [1.54, 1.807) is 45.6 Å². The summed E-state index contributed by atoms with van der Waals surface area (Å²) in [6.07, 6.45) is 0.892. The van der Waals surface area contributed by atoms with Crippen molar-refractivity contribution in [1.82, 2.24) is 19.9 Å². The second-order valence-corrected chi connectivity index (χ2v) is 10.7. The van der Waals surface area contributed by atoms with Crippen LogP contribution in [0.25, 0.3) is 5.65 Å². The number of benzene rings is 1. The maximum Gasteiger partial charge on any atom is 0.414 e. The summed E-state index contributed by atoms with van der Waals surface area (Å²) in [7, 11) is 3.41. The fourth-order valence-corrected chi connectivity index (χ4v) is 4.74. The molecule has 2 aromatic heterocycles. The SMILES string of the molecule is CNc1cc2cc(c1N)Nc1cc(N(C)C(=O)OC(C)(C)C)c3ncc(n3n1)C(=O)NC(C)CSC2. The monoisotopic (exact) mass is 512 g/mol. The molecule has 1 aromatic carbocycles. The second-order valence-electron chi connectivity index (χ2n) is 9.70. The lowest BCUT2D eigenvalue weighted by Crippen LogP contribution is -2.35. The van der Waals surface area contributed by atoms with Gasteiger partial charge in [-0.3, -0.25) is 9.69 Å². The first-order chi connectivity index (χ1) is 17.0. The number of amides is 2. The van der Waals surface area contributed by atoms with Gasteiger partial charge in [0.15, 0.2) is 17.2 Å². The summed E-state index contributed by atoms with van der Waals surface area (Å²) >= 11 is 1.72. The maximum atomic E-state index is 13.1. The Morgan fingerprint density at radius 2 is 2.08 bits per heavy atom. The molecule has 3 heterocycles. The maximum absolute atomic E-state index is 13.1. The molecular formula is C24H32N8O3S. The van der Waals surface area contributed by atoms with Crippen LogP contribution in [0.1, 0.15) is 43.7 Å². The van der Waals surface area contributed by atoms with E-state index in [1.165, 1.54) is 15.6 Å². The van der Waals surface area contributed by atoms with Gasteiger partial charge in [-0.25, -0.2) is 14.3 Å². The first-order valence-electron chi connectivity index (χ1n) is 11.6. The summed E-state index contributed by atoms with van der Waals surface area (Å²) in [5.41, 5.74) is 9.79. The van der Waals surface area contributed by atoms with Crippen molar-refractivity contribution in [2.45, 2.75) is 45.1 Å². The first-order valence-corrected chi connectivity index (χ1v) is 12.7. The molecule has 1 unspecified atom stereocenters. The third-order valence-corrected chi connectivity index (χ3v) is 6.77. The van der Waals surface area contributed by atoms with Gasteiger partial charge >= 0.3 is 6.09 Å². The average molecular weight is 513 g/mol. The number of ether oxygens (including phenoxy) is 1. The van der Waals surface area contributed by atoms with Crippen molar-refractivity contribution in [2.24, 2.45) is 0 Å². The van der Waals surface area contributed by atoms with Crippen LogP contribution in [-0.2, 0) is 10.5 Å². The molecule has 0 radical (unpaired) electrons. The van der Waals surface area contributed by atoms with Crippen molar-refractivity contribution < 1.29 is 14.3 Å². The minimum Gasteiger partial charge on any atom is -0.443 e. The molecule has 0 saturated carbocycles. The minimum atomic E-state index is -0.684. The lowest BCUT2D eigenvalue weighted by atomic mass is 10.1. The predicted molar refractivity (Wildman–Crippen MR) is 144 cm³/mol. The van der Waals surface area contributed by atoms with Crippen molar-refractivity contribution in [1.29, 1.82) is 0 Å². The van der Waals surface area contributed by atoms with Gasteiger partial charge in [0.2, 0.25) is 0 Å². The Morgan fingerprint density at radius 1 is 1.33 bits per heavy atom. The lowest BCUT2D eigenvalue weighted by Gasteiger charge is -2.25. The number of carbonyl (C=O) groups is 2. The third-order valence-electron chi connectivity index (χ3n) is 5.50. The Morgan fingerprint density at radius 3 is 2.78 bits per heavy atom. The quantitative estimate of drug-likeness (QED) is 0.377. The first kappa shape index (κ1) is 25.4. The van der Waals surface area contributed by atoms with Gasteiger partial charge < -0.3 is 26.4 Å². The highest BCUT2D eigenvalue weighted by atomic mass is 32.2. The van der Waals surface area contributed by atoms with Crippen molar-refractivity contribution in [2.75, 3.05) is 41.1 Å². The van der Waals surface area contributed by atoms with Crippen LogP contribution in [0, 0.1) is 0 Å². The number of hydrogen-bond donors (Lipinski definition) is 4. The molecule has 12 heteroatoms. The van der Waals surface area contributed by atoms with Crippen molar-refractivity contribution in [3.8, 4) is 0 Å². The number of nitrogens with zero attached hydrogens (tertiary/aromatic N) is 4. The molecule has 1 atom stereocenters. The highest BCUT2D eigenvalue weighted by molar-refractivity contribution is 7.98. The van der Waals surface area contributed by atoms with Crippen LogP contribution >= 0.6 is 11.8 Å². The van der Waals surface area contributed by atoms with E-state index in [0.717, 1.165) is 22.8 Å². The number of hydrogen-bond acceptors (Lipinski definition) is 9. The Balaban J connectivity index is 1.89. The molecule has 0 aliphatic carbocycles. The van der Waals surface area contributed by atoms with Crippen LogP contribution in [0.4, 0.5) is 33.4 Å². The Kier molecular flexibility index (Phi) is 6.90. The van der Waals surface area contributed by atoms with Gasteiger partial charge in [0.25, 0.3) is 5.91 Å². The number of aromatic nitrogens is 3. The van der Waals surface area contributed by atoms with Crippen LogP contribution in [0.2, 0.25) is 0 Å². The molecule has 11 nitrogen and oxygen atoms in total. The molecule has 1 aliphatic rings. The zero-order chi connectivity index (χ0) is 26.2. The number of nitrogen functional groups attached to an aromatic ring is 1. The zero-order valence-electron chi connectivity index (χ0n) is 21.3. The number of nitrogens with two attached hydrogens (primary N) is 1. The number of imidazole rings is 1. The van der Waals surface area contributed by atoms with Gasteiger partial charge in [-0.1, -0.05) is 0 Å². The van der Waals surface area contributed by atoms with Crippen LogP contribution in [0.3, 0.4) is 0 Å². The lowest BCUT2D eigenvalue weighted by molar-refractivity contribution is 0.0589. The fraction of sp³-hybridized carbons (Fsp3) is 0.417. The van der Waals surface area contributed by atoms with E-state index in [2.05, 4.69) is 26.0 Å². The van der Waals surface area contributed by atoms with Gasteiger partial charge in [0.05, 0.1) is 28.9 Å². The minimum absolute atomic E-state index is 0.0850. The molecule has 3 aromatic rings. The van der Waals surface area contributed by atoms with Gasteiger partial charge in [0, 0.05) is 37.7 Å². The Bertz CT molecular complexity index is 1320. The summed E-state index contributed by atoms with van der Waals surface area (Å²) in [6, 6.07) is 5.59. The van der Waals surface area contributed by atoms with E-state index in [0.29, 0.717) is 28.5 Å².